The first-order chi connectivity index (χ1) is 8.74. The van der Waals surface area contributed by atoms with E-state index in [4.69, 9.17) is 4.98 Å². The van der Waals surface area contributed by atoms with Crippen LogP contribution < -0.4 is 10.2 Å². The van der Waals surface area contributed by atoms with Crippen molar-refractivity contribution in [2.24, 2.45) is 0 Å². The van der Waals surface area contributed by atoms with E-state index in [1.807, 2.05) is 7.05 Å². The largest absolute Gasteiger partial charge is 0.357 e. The summed E-state index contributed by atoms with van der Waals surface area (Å²) in [5.74, 6) is 1.14. The molecule has 0 saturated heterocycles. The zero-order valence-electron chi connectivity index (χ0n) is 12.3. The highest BCUT2D eigenvalue weighted by Crippen LogP contribution is 2.16. The van der Waals surface area contributed by atoms with Crippen molar-refractivity contribution in [3.8, 4) is 0 Å². The van der Waals surface area contributed by atoms with Crippen molar-refractivity contribution >= 4 is 5.82 Å². The van der Waals surface area contributed by atoms with Crippen molar-refractivity contribution in [1.29, 1.82) is 0 Å². The van der Waals surface area contributed by atoms with E-state index < -0.39 is 0 Å². The van der Waals surface area contributed by atoms with Crippen molar-refractivity contribution in [3.05, 3.63) is 23.4 Å². The van der Waals surface area contributed by atoms with Crippen LogP contribution >= 0.6 is 0 Å². The summed E-state index contributed by atoms with van der Waals surface area (Å²) in [6, 6.07) is 4.43. The fraction of sp³-hybridized carbons (Fsp3) is 0.667. The number of pyridine rings is 1. The minimum Gasteiger partial charge on any atom is -0.357 e. The number of nitrogens with zero attached hydrogens (tertiary/aromatic N) is 2. The standard InChI is InChI=1S/C15H27N3/c1-5-8-18(9-6-2)15-11-13(12-16-4)10-14(7-3)17-15/h10-11,16H,5-9,12H2,1-4H3. The van der Waals surface area contributed by atoms with Crippen molar-refractivity contribution in [1.82, 2.24) is 10.3 Å². The van der Waals surface area contributed by atoms with Crippen LogP contribution in [0.4, 0.5) is 5.82 Å². The molecule has 0 aliphatic rings. The van der Waals surface area contributed by atoms with Gasteiger partial charge in [-0.3, -0.25) is 0 Å². The van der Waals surface area contributed by atoms with E-state index in [-0.39, 0.29) is 0 Å². The molecule has 0 fully saturated rings. The molecule has 0 spiro atoms. The average Bonchev–Trinajstić information content (AvgIpc) is 2.38. The number of hydrogen-bond acceptors (Lipinski definition) is 3. The molecule has 1 aromatic rings. The number of aromatic nitrogens is 1. The quantitative estimate of drug-likeness (QED) is 0.767. The summed E-state index contributed by atoms with van der Waals surface area (Å²) in [5.41, 5.74) is 2.52. The summed E-state index contributed by atoms with van der Waals surface area (Å²) in [6.07, 6.45) is 3.33. The maximum Gasteiger partial charge on any atom is 0.129 e. The van der Waals surface area contributed by atoms with Crippen molar-refractivity contribution in [3.63, 3.8) is 0 Å². The third kappa shape index (κ3) is 4.30. The molecule has 0 unspecified atom stereocenters. The van der Waals surface area contributed by atoms with Crippen molar-refractivity contribution in [2.75, 3.05) is 25.0 Å². The molecule has 0 bridgehead atoms. The molecule has 1 aromatic heterocycles. The van der Waals surface area contributed by atoms with Gasteiger partial charge in [0.15, 0.2) is 0 Å². The van der Waals surface area contributed by atoms with Crippen LogP contribution in [0.15, 0.2) is 12.1 Å². The van der Waals surface area contributed by atoms with Crippen LogP contribution in [0.3, 0.4) is 0 Å². The van der Waals surface area contributed by atoms with Gasteiger partial charge >= 0.3 is 0 Å². The van der Waals surface area contributed by atoms with Crippen molar-refractivity contribution in [2.45, 2.75) is 46.6 Å². The molecule has 0 saturated carbocycles. The molecule has 0 radical (unpaired) electrons. The fourth-order valence-electron chi connectivity index (χ4n) is 2.16. The average molecular weight is 249 g/mol. The highest BCUT2D eigenvalue weighted by atomic mass is 15.2. The van der Waals surface area contributed by atoms with Gasteiger partial charge in [-0.25, -0.2) is 4.98 Å². The van der Waals surface area contributed by atoms with Crippen LogP contribution in [0.1, 0.15) is 44.9 Å². The Morgan fingerprint density at radius 3 is 2.28 bits per heavy atom. The van der Waals surface area contributed by atoms with Gasteiger partial charge in [-0.15, -0.1) is 0 Å². The Kier molecular flexibility index (Phi) is 6.73. The first-order valence-corrected chi connectivity index (χ1v) is 7.14. The lowest BCUT2D eigenvalue weighted by atomic mass is 10.2. The molecule has 0 atom stereocenters. The number of aryl methyl sites for hydroxylation is 1. The van der Waals surface area contributed by atoms with Crippen LogP contribution in [0, 0.1) is 0 Å². The molecular formula is C15H27N3. The number of hydrogen-bond donors (Lipinski definition) is 1. The third-order valence-corrected chi connectivity index (χ3v) is 2.98. The van der Waals surface area contributed by atoms with E-state index in [9.17, 15) is 0 Å². The predicted octanol–water partition coefficient (Wildman–Crippen LogP) is 2.99. The molecule has 102 valence electrons. The first kappa shape index (κ1) is 15.0. The second kappa shape index (κ2) is 8.09. The van der Waals surface area contributed by atoms with E-state index in [0.717, 1.165) is 31.9 Å². The van der Waals surface area contributed by atoms with E-state index in [0.29, 0.717) is 0 Å². The van der Waals surface area contributed by atoms with Gasteiger partial charge in [0.25, 0.3) is 0 Å². The lowest BCUT2D eigenvalue weighted by Gasteiger charge is -2.23. The van der Waals surface area contributed by atoms with Gasteiger partial charge in [0.05, 0.1) is 0 Å². The normalized spacial score (nSPS) is 10.7. The first-order valence-electron chi connectivity index (χ1n) is 7.14. The minimum absolute atomic E-state index is 0.911. The van der Waals surface area contributed by atoms with Gasteiger partial charge in [-0.2, -0.15) is 0 Å². The predicted molar refractivity (Wildman–Crippen MR) is 79.2 cm³/mol. The van der Waals surface area contributed by atoms with E-state index in [2.05, 4.69) is 43.1 Å². The molecule has 0 amide bonds. The number of nitrogens with one attached hydrogen (secondary N) is 1. The fourth-order valence-corrected chi connectivity index (χ4v) is 2.16. The molecule has 0 aliphatic heterocycles. The summed E-state index contributed by atoms with van der Waals surface area (Å²) in [4.78, 5) is 7.17. The summed E-state index contributed by atoms with van der Waals surface area (Å²) in [6.45, 7) is 9.70. The van der Waals surface area contributed by atoms with Crippen molar-refractivity contribution < 1.29 is 0 Å². The lowest BCUT2D eigenvalue weighted by Crippen LogP contribution is -2.26. The molecule has 1 rings (SSSR count). The van der Waals surface area contributed by atoms with Crippen LogP contribution in [-0.4, -0.2) is 25.1 Å². The van der Waals surface area contributed by atoms with E-state index in [1.165, 1.54) is 24.1 Å². The smallest absolute Gasteiger partial charge is 0.129 e. The zero-order chi connectivity index (χ0) is 13.4. The SMILES string of the molecule is CCCN(CCC)c1cc(CNC)cc(CC)n1. The molecule has 1 N–H and O–H groups in total. The van der Waals surface area contributed by atoms with Gasteiger partial charge in [0.2, 0.25) is 0 Å². The second-order valence-electron chi connectivity index (χ2n) is 4.70. The molecule has 1 heterocycles. The molecule has 0 aliphatic carbocycles. The summed E-state index contributed by atoms with van der Waals surface area (Å²) < 4.78 is 0. The van der Waals surface area contributed by atoms with Gasteiger partial charge < -0.3 is 10.2 Å². The Balaban J connectivity index is 2.99. The summed E-state index contributed by atoms with van der Waals surface area (Å²) in [5, 5.41) is 3.22. The number of anilines is 1. The van der Waals surface area contributed by atoms with E-state index >= 15 is 0 Å². The number of rotatable bonds is 8. The Morgan fingerprint density at radius 1 is 1.11 bits per heavy atom. The Bertz CT molecular complexity index is 344. The van der Waals surface area contributed by atoms with Crippen LogP contribution in [0.25, 0.3) is 0 Å². The topological polar surface area (TPSA) is 28.2 Å². The Labute approximate surface area is 112 Å². The molecule has 0 aromatic carbocycles. The van der Waals surface area contributed by atoms with Gasteiger partial charge in [-0.1, -0.05) is 20.8 Å². The van der Waals surface area contributed by atoms with Gasteiger partial charge in [0, 0.05) is 25.3 Å². The molecule has 3 heteroatoms. The minimum atomic E-state index is 0.911. The van der Waals surface area contributed by atoms with Crippen LogP contribution in [0.2, 0.25) is 0 Å². The highest BCUT2D eigenvalue weighted by Gasteiger charge is 2.08. The summed E-state index contributed by atoms with van der Waals surface area (Å²) >= 11 is 0. The highest BCUT2D eigenvalue weighted by molar-refractivity contribution is 5.42. The van der Waals surface area contributed by atoms with Crippen LogP contribution in [-0.2, 0) is 13.0 Å². The summed E-state index contributed by atoms with van der Waals surface area (Å²) in [7, 11) is 1.99. The Hall–Kier alpha value is -1.09. The maximum absolute atomic E-state index is 4.77. The monoisotopic (exact) mass is 249 g/mol. The zero-order valence-corrected chi connectivity index (χ0v) is 12.3. The van der Waals surface area contributed by atoms with Gasteiger partial charge in [0.1, 0.15) is 5.82 Å². The second-order valence-corrected chi connectivity index (χ2v) is 4.70. The Morgan fingerprint density at radius 2 is 1.78 bits per heavy atom. The molecule has 18 heavy (non-hydrogen) atoms. The molecule has 3 nitrogen and oxygen atoms in total. The van der Waals surface area contributed by atoms with Gasteiger partial charge in [-0.05, 0) is 44.0 Å². The van der Waals surface area contributed by atoms with E-state index in [1.54, 1.807) is 0 Å². The lowest BCUT2D eigenvalue weighted by molar-refractivity contribution is 0.727. The third-order valence-electron chi connectivity index (χ3n) is 2.98. The molecular weight excluding hydrogens is 222 g/mol. The van der Waals surface area contributed by atoms with Crippen LogP contribution in [0.5, 0.6) is 0 Å². The maximum atomic E-state index is 4.77.